The van der Waals surface area contributed by atoms with E-state index < -0.39 is 0 Å². The number of hydrogen-bond donors (Lipinski definition) is 1. The lowest BCUT2D eigenvalue weighted by atomic mass is 10.3. The van der Waals surface area contributed by atoms with Gasteiger partial charge >= 0.3 is 5.97 Å². The molecule has 0 aliphatic carbocycles. The van der Waals surface area contributed by atoms with Gasteiger partial charge in [-0.3, -0.25) is 4.79 Å². The van der Waals surface area contributed by atoms with Crippen molar-refractivity contribution in [3.63, 3.8) is 0 Å². The van der Waals surface area contributed by atoms with Crippen molar-refractivity contribution in [2.45, 2.75) is 13.3 Å². The Morgan fingerprint density at radius 1 is 1.50 bits per heavy atom. The maximum Gasteiger partial charge on any atom is 0.310 e. The molecule has 0 saturated heterocycles. The van der Waals surface area contributed by atoms with Crippen molar-refractivity contribution in [1.82, 2.24) is 0 Å². The van der Waals surface area contributed by atoms with Crippen LogP contribution in [0, 0.1) is 0 Å². The first-order chi connectivity index (χ1) is 6.67. The number of aromatic hydroxyl groups is 1. The zero-order valence-electron chi connectivity index (χ0n) is 8.11. The Kier molecular flexibility index (Phi) is 3.34. The number of carbonyl (C=O) groups is 1. The normalized spacial score (nSPS) is 9.57. The van der Waals surface area contributed by atoms with Crippen molar-refractivity contribution in [1.29, 1.82) is 0 Å². The molecule has 1 N–H and O–H groups in total. The minimum atomic E-state index is -0.322. The monoisotopic (exact) mass is 196 g/mol. The number of rotatable bonds is 3. The largest absolute Gasteiger partial charge is 0.504 e. The number of hydrogen-bond acceptors (Lipinski definition) is 4. The Bertz CT molecular complexity index is 333. The highest BCUT2D eigenvalue weighted by Gasteiger charge is 2.06. The third-order valence-corrected chi connectivity index (χ3v) is 1.67. The van der Waals surface area contributed by atoms with Gasteiger partial charge in [-0.2, -0.15) is 0 Å². The molecule has 1 aromatic carbocycles. The molecule has 0 heterocycles. The lowest BCUT2D eigenvalue weighted by Gasteiger charge is -2.06. The summed E-state index contributed by atoms with van der Waals surface area (Å²) in [5.74, 6) is 0.347. The van der Waals surface area contributed by atoms with E-state index in [9.17, 15) is 9.90 Å². The molecule has 76 valence electrons. The number of methoxy groups -OCH3 is 1. The molecule has 0 aliphatic rings. The number of phenols is 1. The maximum absolute atomic E-state index is 10.9. The van der Waals surface area contributed by atoms with Crippen LogP contribution in [0.3, 0.4) is 0 Å². The van der Waals surface area contributed by atoms with Gasteiger partial charge in [0.25, 0.3) is 0 Å². The van der Waals surface area contributed by atoms with Crippen molar-refractivity contribution in [3.05, 3.63) is 18.2 Å². The minimum absolute atomic E-state index is 0.0174. The van der Waals surface area contributed by atoms with E-state index in [4.69, 9.17) is 9.47 Å². The first-order valence-electron chi connectivity index (χ1n) is 4.25. The van der Waals surface area contributed by atoms with Crippen LogP contribution in [0.15, 0.2) is 18.2 Å². The van der Waals surface area contributed by atoms with Crippen LogP contribution in [0.1, 0.15) is 13.3 Å². The van der Waals surface area contributed by atoms with Gasteiger partial charge in [0.15, 0.2) is 11.5 Å². The van der Waals surface area contributed by atoms with E-state index in [1.165, 1.54) is 25.3 Å². The molecule has 0 amide bonds. The van der Waals surface area contributed by atoms with Crippen LogP contribution in [0.25, 0.3) is 0 Å². The van der Waals surface area contributed by atoms with Gasteiger partial charge in [0, 0.05) is 12.5 Å². The highest BCUT2D eigenvalue weighted by atomic mass is 16.5. The lowest BCUT2D eigenvalue weighted by Crippen LogP contribution is -2.05. The summed E-state index contributed by atoms with van der Waals surface area (Å²) in [6.07, 6.45) is 0.309. The van der Waals surface area contributed by atoms with Crippen molar-refractivity contribution in [3.8, 4) is 17.2 Å². The third-order valence-electron chi connectivity index (χ3n) is 1.67. The fraction of sp³-hybridized carbons (Fsp3) is 0.300. The van der Waals surface area contributed by atoms with Gasteiger partial charge < -0.3 is 14.6 Å². The number of esters is 1. The number of carbonyl (C=O) groups excluding carboxylic acids is 1. The van der Waals surface area contributed by atoms with Crippen molar-refractivity contribution in [2.24, 2.45) is 0 Å². The van der Waals surface area contributed by atoms with E-state index in [1.807, 2.05) is 0 Å². The van der Waals surface area contributed by atoms with Gasteiger partial charge in [0.1, 0.15) is 5.75 Å². The van der Waals surface area contributed by atoms with Crippen molar-refractivity contribution < 1.29 is 19.4 Å². The molecular formula is C10H12O4. The summed E-state index contributed by atoms with van der Waals surface area (Å²) >= 11 is 0. The molecule has 0 atom stereocenters. The van der Waals surface area contributed by atoms with Crippen LogP contribution in [0.2, 0.25) is 0 Å². The Hall–Kier alpha value is -1.71. The summed E-state index contributed by atoms with van der Waals surface area (Å²) < 4.78 is 9.79. The smallest absolute Gasteiger partial charge is 0.310 e. The Labute approximate surface area is 82.1 Å². The van der Waals surface area contributed by atoms with Crippen LogP contribution < -0.4 is 9.47 Å². The standard InChI is InChI=1S/C10H12O4/c1-3-10(12)14-7-4-5-8(11)9(6-7)13-2/h4-6,11H,3H2,1-2H3. The molecule has 0 fully saturated rings. The SMILES string of the molecule is CCC(=O)Oc1ccc(O)c(OC)c1. The van der Waals surface area contributed by atoms with Gasteiger partial charge in [-0.15, -0.1) is 0 Å². The van der Waals surface area contributed by atoms with E-state index in [0.717, 1.165) is 0 Å². The second-order valence-electron chi connectivity index (χ2n) is 2.66. The van der Waals surface area contributed by atoms with Crippen LogP contribution in [-0.2, 0) is 4.79 Å². The summed E-state index contributed by atoms with van der Waals surface area (Å²) in [4.78, 5) is 10.9. The summed E-state index contributed by atoms with van der Waals surface area (Å²) in [6, 6.07) is 4.38. The van der Waals surface area contributed by atoms with Gasteiger partial charge in [-0.25, -0.2) is 0 Å². The predicted octanol–water partition coefficient (Wildman–Crippen LogP) is 1.72. The van der Waals surface area contributed by atoms with Gasteiger partial charge in [0.05, 0.1) is 7.11 Å². The highest BCUT2D eigenvalue weighted by molar-refractivity contribution is 5.72. The molecular weight excluding hydrogens is 184 g/mol. The van der Waals surface area contributed by atoms with E-state index >= 15 is 0 Å². The average molecular weight is 196 g/mol. The maximum atomic E-state index is 10.9. The Morgan fingerprint density at radius 2 is 2.21 bits per heavy atom. The quantitative estimate of drug-likeness (QED) is 0.590. The van der Waals surface area contributed by atoms with Crippen molar-refractivity contribution in [2.75, 3.05) is 7.11 Å². The molecule has 1 rings (SSSR count). The number of ether oxygens (including phenoxy) is 2. The highest BCUT2D eigenvalue weighted by Crippen LogP contribution is 2.29. The zero-order valence-corrected chi connectivity index (χ0v) is 8.11. The first kappa shape index (κ1) is 10.4. The second kappa shape index (κ2) is 4.50. The van der Waals surface area contributed by atoms with Crippen molar-refractivity contribution >= 4 is 5.97 Å². The third kappa shape index (κ3) is 2.39. The van der Waals surface area contributed by atoms with Crippen LogP contribution in [0.5, 0.6) is 17.2 Å². The fourth-order valence-electron chi connectivity index (χ4n) is 0.925. The van der Waals surface area contributed by atoms with E-state index in [1.54, 1.807) is 6.92 Å². The first-order valence-corrected chi connectivity index (χ1v) is 4.25. The molecule has 0 bridgehead atoms. The van der Waals surface area contributed by atoms with Crippen LogP contribution in [0.4, 0.5) is 0 Å². The number of benzene rings is 1. The van der Waals surface area contributed by atoms with Crippen LogP contribution in [-0.4, -0.2) is 18.2 Å². The lowest BCUT2D eigenvalue weighted by molar-refractivity contribution is -0.134. The zero-order chi connectivity index (χ0) is 10.6. The molecule has 0 aromatic heterocycles. The average Bonchev–Trinajstić information content (AvgIpc) is 2.20. The van der Waals surface area contributed by atoms with E-state index in [0.29, 0.717) is 12.2 Å². The molecule has 0 saturated carbocycles. The summed E-state index contributed by atoms with van der Waals surface area (Å²) in [7, 11) is 1.43. The minimum Gasteiger partial charge on any atom is -0.504 e. The molecule has 0 radical (unpaired) electrons. The van der Waals surface area contributed by atoms with Gasteiger partial charge in [-0.1, -0.05) is 6.92 Å². The Balaban J connectivity index is 2.84. The molecule has 0 spiro atoms. The van der Waals surface area contributed by atoms with E-state index in [2.05, 4.69) is 0 Å². The summed E-state index contributed by atoms with van der Waals surface area (Å²) in [5.41, 5.74) is 0. The molecule has 1 aromatic rings. The van der Waals surface area contributed by atoms with E-state index in [-0.39, 0.29) is 17.5 Å². The van der Waals surface area contributed by atoms with Crippen LogP contribution >= 0.6 is 0 Å². The van der Waals surface area contributed by atoms with Gasteiger partial charge in [0.2, 0.25) is 0 Å². The summed E-state index contributed by atoms with van der Waals surface area (Å²) in [5, 5.41) is 9.26. The molecule has 14 heavy (non-hydrogen) atoms. The molecule has 4 nitrogen and oxygen atoms in total. The topological polar surface area (TPSA) is 55.8 Å². The molecule has 0 aliphatic heterocycles. The Morgan fingerprint density at radius 3 is 2.79 bits per heavy atom. The predicted molar refractivity (Wildman–Crippen MR) is 50.6 cm³/mol. The molecule has 0 unspecified atom stereocenters. The fourth-order valence-corrected chi connectivity index (χ4v) is 0.925. The number of phenolic OH excluding ortho intramolecular Hbond substituents is 1. The summed E-state index contributed by atoms with van der Waals surface area (Å²) in [6.45, 7) is 1.71. The molecule has 4 heteroatoms. The second-order valence-corrected chi connectivity index (χ2v) is 2.66. The van der Waals surface area contributed by atoms with Gasteiger partial charge in [-0.05, 0) is 12.1 Å².